The maximum Gasteiger partial charge on any atom is 0.156 e. The SMILES string of the molecule is CC(C)OC1=CCC(C=O)(OC(C)C)C=C1. The van der Waals surface area contributed by atoms with Gasteiger partial charge < -0.3 is 9.47 Å². The molecule has 1 aliphatic carbocycles. The van der Waals surface area contributed by atoms with E-state index in [9.17, 15) is 4.79 Å². The van der Waals surface area contributed by atoms with Crippen molar-refractivity contribution in [2.45, 2.75) is 51.9 Å². The van der Waals surface area contributed by atoms with Gasteiger partial charge in [-0.2, -0.15) is 0 Å². The van der Waals surface area contributed by atoms with Crippen LogP contribution in [0.1, 0.15) is 34.1 Å². The maximum absolute atomic E-state index is 11.1. The number of ether oxygens (including phenoxy) is 2. The van der Waals surface area contributed by atoms with E-state index in [0.717, 1.165) is 12.0 Å². The van der Waals surface area contributed by atoms with Crippen LogP contribution < -0.4 is 0 Å². The highest BCUT2D eigenvalue weighted by molar-refractivity contribution is 5.67. The van der Waals surface area contributed by atoms with Crippen LogP contribution in [0.3, 0.4) is 0 Å². The molecule has 1 aliphatic rings. The second-order valence-electron chi connectivity index (χ2n) is 4.55. The van der Waals surface area contributed by atoms with Crippen LogP contribution in [0, 0.1) is 0 Å². The van der Waals surface area contributed by atoms with Crippen molar-refractivity contribution < 1.29 is 14.3 Å². The van der Waals surface area contributed by atoms with Crippen LogP contribution in [0.2, 0.25) is 0 Å². The highest BCUT2D eigenvalue weighted by atomic mass is 16.5. The molecule has 0 amide bonds. The Bertz CT molecular complexity index is 302. The summed E-state index contributed by atoms with van der Waals surface area (Å²) in [5.41, 5.74) is -0.808. The maximum atomic E-state index is 11.1. The third-order valence-electron chi connectivity index (χ3n) is 2.18. The molecule has 90 valence electrons. The zero-order valence-corrected chi connectivity index (χ0v) is 10.4. The fraction of sp³-hybridized carbons (Fsp3) is 0.615. The topological polar surface area (TPSA) is 35.5 Å². The molecule has 16 heavy (non-hydrogen) atoms. The van der Waals surface area contributed by atoms with Crippen molar-refractivity contribution in [1.82, 2.24) is 0 Å². The largest absolute Gasteiger partial charge is 0.491 e. The summed E-state index contributed by atoms with van der Waals surface area (Å²) in [6.07, 6.45) is 7.04. The molecule has 1 unspecified atom stereocenters. The molecule has 0 saturated carbocycles. The monoisotopic (exact) mass is 224 g/mol. The predicted octanol–water partition coefficient (Wildman–Crippen LogP) is 2.62. The van der Waals surface area contributed by atoms with E-state index >= 15 is 0 Å². The van der Waals surface area contributed by atoms with Gasteiger partial charge in [-0.3, -0.25) is 4.79 Å². The lowest BCUT2D eigenvalue weighted by atomic mass is 9.96. The molecule has 0 radical (unpaired) electrons. The molecular formula is C13H20O3. The van der Waals surface area contributed by atoms with Crippen LogP contribution in [0.4, 0.5) is 0 Å². The molecule has 0 bridgehead atoms. The third-order valence-corrected chi connectivity index (χ3v) is 2.18. The molecule has 0 aromatic heterocycles. The third kappa shape index (κ3) is 3.49. The number of rotatable bonds is 5. The standard InChI is InChI=1S/C13H20O3/c1-10(2)15-12-5-7-13(9-14,8-6-12)16-11(3)4/h5-7,9-11H,8H2,1-4H3. The lowest BCUT2D eigenvalue weighted by molar-refractivity contribution is -0.129. The average molecular weight is 224 g/mol. The fourth-order valence-electron chi connectivity index (χ4n) is 1.62. The molecule has 3 heteroatoms. The van der Waals surface area contributed by atoms with Gasteiger partial charge in [0.2, 0.25) is 0 Å². The van der Waals surface area contributed by atoms with E-state index in [4.69, 9.17) is 9.47 Å². The fourth-order valence-corrected chi connectivity index (χ4v) is 1.62. The molecule has 0 heterocycles. The van der Waals surface area contributed by atoms with Crippen LogP contribution in [0.25, 0.3) is 0 Å². The van der Waals surface area contributed by atoms with Gasteiger partial charge in [-0.25, -0.2) is 0 Å². The minimum Gasteiger partial charge on any atom is -0.491 e. The van der Waals surface area contributed by atoms with Crippen molar-refractivity contribution in [2.24, 2.45) is 0 Å². The van der Waals surface area contributed by atoms with Crippen LogP contribution in [-0.4, -0.2) is 24.1 Å². The summed E-state index contributed by atoms with van der Waals surface area (Å²) in [6.45, 7) is 7.79. The van der Waals surface area contributed by atoms with Gasteiger partial charge in [-0.1, -0.05) is 0 Å². The number of hydrogen-bond donors (Lipinski definition) is 0. The first-order valence-electron chi connectivity index (χ1n) is 5.67. The van der Waals surface area contributed by atoms with E-state index in [1.807, 2.05) is 33.8 Å². The van der Waals surface area contributed by atoms with Gasteiger partial charge in [0.15, 0.2) is 6.29 Å². The molecule has 0 spiro atoms. The van der Waals surface area contributed by atoms with Crippen LogP contribution in [-0.2, 0) is 14.3 Å². The van der Waals surface area contributed by atoms with Gasteiger partial charge in [0.1, 0.15) is 11.4 Å². The summed E-state index contributed by atoms with van der Waals surface area (Å²) in [6, 6.07) is 0. The molecular weight excluding hydrogens is 204 g/mol. The van der Waals surface area contributed by atoms with Crippen LogP contribution >= 0.6 is 0 Å². The average Bonchev–Trinajstić information content (AvgIpc) is 2.20. The van der Waals surface area contributed by atoms with Gasteiger partial charge >= 0.3 is 0 Å². The van der Waals surface area contributed by atoms with Crippen LogP contribution in [0.15, 0.2) is 24.0 Å². The number of hydrogen-bond acceptors (Lipinski definition) is 3. The quantitative estimate of drug-likeness (QED) is 0.673. The summed E-state index contributed by atoms with van der Waals surface area (Å²) in [4.78, 5) is 11.1. The number of allylic oxidation sites excluding steroid dienone is 1. The Kier molecular flexibility index (Phi) is 4.30. The van der Waals surface area contributed by atoms with E-state index in [2.05, 4.69) is 0 Å². The van der Waals surface area contributed by atoms with Gasteiger partial charge in [0, 0.05) is 6.42 Å². The van der Waals surface area contributed by atoms with Crippen molar-refractivity contribution >= 4 is 6.29 Å². The lowest BCUT2D eigenvalue weighted by Crippen LogP contribution is -2.35. The van der Waals surface area contributed by atoms with Crippen LogP contribution in [0.5, 0.6) is 0 Å². The Morgan fingerprint density at radius 3 is 2.38 bits per heavy atom. The minimum atomic E-state index is -0.808. The minimum absolute atomic E-state index is 0.0239. The summed E-state index contributed by atoms with van der Waals surface area (Å²) < 4.78 is 11.2. The molecule has 1 rings (SSSR count). The first-order chi connectivity index (χ1) is 7.47. The smallest absolute Gasteiger partial charge is 0.156 e. The van der Waals surface area contributed by atoms with Gasteiger partial charge in [-0.05, 0) is 45.9 Å². The Morgan fingerprint density at radius 2 is 2.00 bits per heavy atom. The van der Waals surface area contributed by atoms with Gasteiger partial charge in [-0.15, -0.1) is 0 Å². The van der Waals surface area contributed by atoms with E-state index in [-0.39, 0.29) is 12.2 Å². The lowest BCUT2D eigenvalue weighted by Gasteiger charge is -2.29. The summed E-state index contributed by atoms with van der Waals surface area (Å²) in [5, 5.41) is 0. The van der Waals surface area contributed by atoms with Crippen molar-refractivity contribution in [2.75, 3.05) is 0 Å². The summed E-state index contributed by atoms with van der Waals surface area (Å²) in [7, 11) is 0. The molecule has 0 saturated heterocycles. The predicted molar refractivity (Wildman–Crippen MR) is 63.1 cm³/mol. The first kappa shape index (κ1) is 13.0. The second-order valence-corrected chi connectivity index (χ2v) is 4.55. The van der Waals surface area contributed by atoms with Gasteiger partial charge in [0.25, 0.3) is 0 Å². The van der Waals surface area contributed by atoms with Crippen molar-refractivity contribution in [3.05, 3.63) is 24.0 Å². The van der Waals surface area contributed by atoms with Crippen molar-refractivity contribution in [1.29, 1.82) is 0 Å². The first-order valence-corrected chi connectivity index (χ1v) is 5.67. The van der Waals surface area contributed by atoms with Crippen molar-refractivity contribution in [3.8, 4) is 0 Å². The molecule has 0 fully saturated rings. The normalized spacial score (nSPS) is 24.8. The molecule has 0 N–H and O–H groups in total. The number of carbonyl (C=O) groups excluding carboxylic acids is 1. The summed E-state index contributed by atoms with van der Waals surface area (Å²) in [5.74, 6) is 0.805. The highest BCUT2D eigenvalue weighted by Gasteiger charge is 2.30. The zero-order valence-electron chi connectivity index (χ0n) is 10.4. The molecule has 0 aromatic carbocycles. The molecule has 0 aromatic rings. The Hall–Kier alpha value is -1.09. The Morgan fingerprint density at radius 1 is 1.31 bits per heavy atom. The number of aldehydes is 1. The molecule has 0 aliphatic heterocycles. The van der Waals surface area contributed by atoms with Crippen molar-refractivity contribution in [3.63, 3.8) is 0 Å². The highest BCUT2D eigenvalue weighted by Crippen LogP contribution is 2.25. The van der Waals surface area contributed by atoms with Gasteiger partial charge in [0.05, 0.1) is 12.2 Å². The zero-order chi connectivity index (χ0) is 12.2. The molecule has 1 atom stereocenters. The Labute approximate surface area is 97.1 Å². The van der Waals surface area contributed by atoms with E-state index < -0.39 is 5.60 Å². The van der Waals surface area contributed by atoms with E-state index in [1.165, 1.54) is 0 Å². The Balaban J connectivity index is 2.67. The second kappa shape index (κ2) is 5.30. The van der Waals surface area contributed by atoms with E-state index in [0.29, 0.717) is 6.42 Å². The summed E-state index contributed by atoms with van der Waals surface area (Å²) >= 11 is 0. The van der Waals surface area contributed by atoms with E-state index in [1.54, 1.807) is 12.2 Å². The number of carbonyl (C=O) groups is 1. The molecule has 3 nitrogen and oxygen atoms in total.